The predicted octanol–water partition coefficient (Wildman–Crippen LogP) is 2.39. The van der Waals surface area contributed by atoms with Crippen LogP contribution >= 0.6 is 0 Å². The molecule has 0 saturated carbocycles. The Morgan fingerprint density at radius 3 is 2.21 bits per heavy atom. The van der Waals surface area contributed by atoms with Gasteiger partial charge in [0.2, 0.25) is 15.9 Å². The van der Waals surface area contributed by atoms with Crippen LogP contribution in [0.5, 0.6) is 5.75 Å². The number of alkyl halides is 2. The number of nitrogens with two attached hydrogens (primary N) is 1. The number of rotatable bonds is 8. The lowest BCUT2D eigenvalue weighted by atomic mass is 10.1. The number of primary sulfonamides is 1. The van der Waals surface area contributed by atoms with Crippen LogP contribution in [0.3, 0.4) is 0 Å². The molecular weight excluding hydrogens is 392 g/mol. The van der Waals surface area contributed by atoms with Gasteiger partial charge in [-0.2, -0.15) is 8.78 Å². The molecule has 1 unspecified atom stereocenters. The minimum atomic E-state index is -3.79. The molecule has 2 rings (SSSR count). The van der Waals surface area contributed by atoms with Gasteiger partial charge in [-0.1, -0.05) is 12.1 Å². The number of ether oxygens (including phenoxy) is 1. The zero-order chi connectivity index (χ0) is 20.9. The van der Waals surface area contributed by atoms with Gasteiger partial charge < -0.3 is 10.1 Å². The van der Waals surface area contributed by atoms with Crippen molar-refractivity contribution in [2.24, 2.45) is 5.14 Å². The van der Waals surface area contributed by atoms with E-state index in [1.165, 1.54) is 36.4 Å². The molecule has 0 fully saturated rings. The second-order valence-electron chi connectivity index (χ2n) is 6.17. The second-order valence-corrected chi connectivity index (χ2v) is 7.73. The molecule has 1 amide bonds. The normalized spacial score (nSPS) is 12.8. The van der Waals surface area contributed by atoms with Crippen LogP contribution in [0.1, 0.15) is 12.5 Å². The third-order valence-electron chi connectivity index (χ3n) is 4.07. The number of sulfonamides is 1. The SMILES string of the molecule is CC(C(=O)Nc1ccc(S(N)(=O)=O)cc1)N(C)Cc1ccc(OC(F)F)cc1. The van der Waals surface area contributed by atoms with Crippen molar-refractivity contribution in [1.82, 2.24) is 4.90 Å². The average molecular weight is 413 g/mol. The molecule has 0 aliphatic rings. The molecule has 0 saturated heterocycles. The smallest absolute Gasteiger partial charge is 0.387 e. The summed E-state index contributed by atoms with van der Waals surface area (Å²) in [5.74, 6) is -0.223. The zero-order valence-corrected chi connectivity index (χ0v) is 16.1. The highest BCUT2D eigenvalue weighted by Crippen LogP contribution is 2.17. The van der Waals surface area contributed by atoms with Gasteiger partial charge in [-0.05, 0) is 55.9 Å². The van der Waals surface area contributed by atoms with Gasteiger partial charge in [0.15, 0.2) is 0 Å². The number of hydrogen-bond acceptors (Lipinski definition) is 5. The number of likely N-dealkylation sites (N-methyl/N-ethyl adjacent to an activating group) is 1. The summed E-state index contributed by atoms with van der Waals surface area (Å²) in [6, 6.07) is 11.2. The van der Waals surface area contributed by atoms with Crippen LogP contribution in [0, 0.1) is 0 Å². The van der Waals surface area contributed by atoms with Crippen LogP contribution in [0.4, 0.5) is 14.5 Å². The molecule has 3 N–H and O–H groups in total. The summed E-state index contributed by atoms with van der Waals surface area (Å²) in [5, 5.41) is 7.73. The number of anilines is 1. The van der Waals surface area contributed by atoms with Crippen LogP contribution in [0.25, 0.3) is 0 Å². The molecule has 0 bridgehead atoms. The van der Waals surface area contributed by atoms with Gasteiger partial charge in [-0.15, -0.1) is 0 Å². The molecule has 2 aromatic carbocycles. The van der Waals surface area contributed by atoms with Crippen molar-refractivity contribution in [3.05, 3.63) is 54.1 Å². The quantitative estimate of drug-likeness (QED) is 0.692. The summed E-state index contributed by atoms with van der Waals surface area (Å²) in [7, 11) is -2.05. The van der Waals surface area contributed by atoms with Crippen molar-refractivity contribution in [3.63, 3.8) is 0 Å². The third-order valence-corrected chi connectivity index (χ3v) is 5.00. The Morgan fingerprint density at radius 2 is 1.71 bits per heavy atom. The molecule has 0 aliphatic heterocycles. The lowest BCUT2D eigenvalue weighted by molar-refractivity contribution is -0.120. The van der Waals surface area contributed by atoms with Crippen LogP contribution in [-0.2, 0) is 21.4 Å². The Kier molecular flexibility index (Phi) is 7.05. The first kappa shape index (κ1) is 21.7. The number of nitrogens with one attached hydrogen (secondary N) is 1. The van der Waals surface area contributed by atoms with Gasteiger partial charge in [-0.25, -0.2) is 13.6 Å². The fourth-order valence-electron chi connectivity index (χ4n) is 2.38. The number of benzene rings is 2. The molecule has 7 nitrogen and oxygen atoms in total. The van der Waals surface area contributed by atoms with Crippen LogP contribution in [0.2, 0.25) is 0 Å². The largest absolute Gasteiger partial charge is 0.435 e. The first-order valence-electron chi connectivity index (χ1n) is 8.24. The summed E-state index contributed by atoms with van der Waals surface area (Å²) < 4.78 is 51.1. The van der Waals surface area contributed by atoms with Crippen molar-refractivity contribution in [2.45, 2.75) is 31.0 Å². The fourth-order valence-corrected chi connectivity index (χ4v) is 2.89. The molecule has 0 radical (unpaired) electrons. The van der Waals surface area contributed by atoms with Gasteiger partial charge in [0.05, 0.1) is 10.9 Å². The number of hydrogen-bond donors (Lipinski definition) is 2. The van der Waals surface area contributed by atoms with E-state index >= 15 is 0 Å². The standard InChI is InChI=1S/C18H21F2N3O4S/c1-12(17(24)22-14-5-9-16(10-6-14)28(21,25)26)23(2)11-13-3-7-15(8-4-13)27-18(19)20/h3-10,12,18H,11H2,1-2H3,(H,22,24)(H2,21,25,26). The first-order valence-corrected chi connectivity index (χ1v) is 9.78. The Bertz CT molecular complexity index is 903. The maximum absolute atomic E-state index is 12.4. The molecule has 0 aliphatic carbocycles. The van der Waals surface area contributed by atoms with Gasteiger partial charge in [-0.3, -0.25) is 9.69 Å². The minimum absolute atomic E-state index is 0.0464. The van der Waals surface area contributed by atoms with E-state index in [0.717, 1.165) is 5.56 Å². The molecule has 10 heteroatoms. The van der Waals surface area contributed by atoms with E-state index in [1.807, 2.05) is 0 Å². The fraction of sp³-hybridized carbons (Fsp3) is 0.278. The van der Waals surface area contributed by atoms with E-state index in [4.69, 9.17) is 5.14 Å². The van der Waals surface area contributed by atoms with E-state index in [2.05, 4.69) is 10.1 Å². The van der Waals surface area contributed by atoms with Crippen molar-refractivity contribution in [1.29, 1.82) is 0 Å². The Morgan fingerprint density at radius 1 is 1.14 bits per heavy atom. The molecule has 2 aromatic rings. The molecule has 0 heterocycles. The predicted molar refractivity (Wildman–Crippen MR) is 100 cm³/mol. The Labute approximate surface area is 162 Å². The third kappa shape index (κ3) is 6.25. The highest BCUT2D eigenvalue weighted by molar-refractivity contribution is 7.89. The average Bonchev–Trinajstić information content (AvgIpc) is 2.62. The van der Waals surface area contributed by atoms with E-state index in [-0.39, 0.29) is 16.6 Å². The number of nitrogens with zero attached hydrogens (tertiary/aromatic N) is 1. The maximum atomic E-state index is 12.4. The molecule has 0 spiro atoms. The molecule has 28 heavy (non-hydrogen) atoms. The van der Waals surface area contributed by atoms with E-state index < -0.39 is 22.7 Å². The van der Waals surface area contributed by atoms with Crippen molar-refractivity contribution < 1.29 is 26.7 Å². The summed E-state index contributed by atoms with van der Waals surface area (Å²) in [5.41, 5.74) is 1.26. The van der Waals surface area contributed by atoms with E-state index in [0.29, 0.717) is 12.2 Å². The van der Waals surface area contributed by atoms with Crippen molar-refractivity contribution in [3.8, 4) is 5.75 Å². The molecule has 152 valence electrons. The van der Waals surface area contributed by atoms with Gasteiger partial charge in [0, 0.05) is 12.2 Å². The topological polar surface area (TPSA) is 102 Å². The Balaban J connectivity index is 1.94. The van der Waals surface area contributed by atoms with E-state index in [9.17, 15) is 22.0 Å². The number of halogens is 2. The van der Waals surface area contributed by atoms with Gasteiger partial charge >= 0.3 is 6.61 Å². The highest BCUT2D eigenvalue weighted by Gasteiger charge is 2.19. The van der Waals surface area contributed by atoms with Crippen LogP contribution in [0.15, 0.2) is 53.4 Å². The summed E-state index contributed by atoms with van der Waals surface area (Å²) in [6.45, 7) is -0.757. The van der Waals surface area contributed by atoms with Crippen LogP contribution < -0.4 is 15.2 Å². The number of carbonyl (C=O) groups excluding carboxylic acids is 1. The monoisotopic (exact) mass is 413 g/mol. The van der Waals surface area contributed by atoms with E-state index in [1.54, 1.807) is 31.0 Å². The zero-order valence-electron chi connectivity index (χ0n) is 15.3. The second kappa shape index (κ2) is 9.09. The first-order chi connectivity index (χ1) is 13.1. The molecular formula is C18H21F2N3O4S. The van der Waals surface area contributed by atoms with Crippen molar-refractivity contribution >= 4 is 21.6 Å². The summed E-state index contributed by atoms with van der Waals surface area (Å²) in [6.07, 6.45) is 0. The summed E-state index contributed by atoms with van der Waals surface area (Å²) >= 11 is 0. The highest BCUT2D eigenvalue weighted by atomic mass is 32.2. The number of amides is 1. The maximum Gasteiger partial charge on any atom is 0.387 e. The van der Waals surface area contributed by atoms with Gasteiger partial charge in [0.1, 0.15) is 5.75 Å². The Hall–Kier alpha value is -2.56. The number of carbonyl (C=O) groups is 1. The minimum Gasteiger partial charge on any atom is -0.435 e. The lowest BCUT2D eigenvalue weighted by Crippen LogP contribution is -2.39. The lowest BCUT2D eigenvalue weighted by Gasteiger charge is -2.24. The van der Waals surface area contributed by atoms with Crippen molar-refractivity contribution in [2.75, 3.05) is 12.4 Å². The summed E-state index contributed by atoms with van der Waals surface area (Å²) in [4.78, 5) is 14.1. The molecule has 1 atom stereocenters. The van der Waals surface area contributed by atoms with Gasteiger partial charge in [0.25, 0.3) is 0 Å². The molecule has 0 aromatic heterocycles. The van der Waals surface area contributed by atoms with Crippen LogP contribution in [-0.4, -0.2) is 38.9 Å².